The number of hydrogen-bond donors (Lipinski definition) is 0. The number of alkyl halides is 2. The minimum Gasteiger partial charge on any atom is -0.356 e. The molecule has 0 bridgehead atoms. The number of nitrogens with zero attached hydrogens (tertiary/aromatic N) is 3. The molecule has 0 aromatic heterocycles. The van der Waals surface area contributed by atoms with E-state index in [4.69, 9.17) is 0 Å². The Bertz CT molecular complexity index is 643. The zero-order valence-electron chi connectivity index (χ0n) is 11.8. The Morgan fingerprint density at radius 2 is 1.91 bits per heavy atom. The molecular formula is C13H13F4N3O2. The smallest absolute Gasteiger partial charge is 0.307 e. The van der Waals surface area contributed by atoms with Crippen molar-refractivity contribution in [2.24, 2.45) is 0 Å². The van der Waals surface area contributed by atoms with Crippen LogP contribution < -0.4 is 4.90 Å². The molecule has 0 atom stereocenters. The van der Waals surface area contributed by atoms with Gasteiger partial charge < -0.3 is 9.80 Å². The summed E-state index contributed by atoms with van der Waals surface area (Å²) < 4.78 is 54.2. The molecule has 0 radical (unpaired) electrons. The highest BCUT2D eigenvalue weighted by Gasteiger charge is 2.34. The molecule has 1 aromatic carbocycles. The first kappa shape index (κ1) is 16.1. The quantitative estimate of drug-likeness (QED) is 0.488. The first-order chi connectivity index (χ1) is 10.1. The van der Waals surface area contributed by atoms with Gasteiger partial charge in [-0.05, 0) is 6.08 Å². The van der Waals surface area contributed by atoms with Crippen LogP contribution in [0.1, 0.15) is 6.92 Å². The van der Waals surface area contributed by atoms with Crippen LogP contribution in [0.15, 0.2) is 23.9 Å². The number of benzene rings is 1. The van der Waals surface area contributed by atoms with Crippen LogP contribution in [0.3, 0.4) is 0 Å². The van der Waals surface area contributed by atoms with Crippen molar-refractivity contribution in [3.8, 4) is 0 Å². The molecule has 1 aliphatic rings. The monoisotopic (exact) mass is 319 g/mol. The zero-order chi connectivity index (χ0) is 16.7. The maximum atomic E-state index is 13.9. The lowest BCUT2D eigenvalue weighted by Crippen LogP contribution is -2.44. The molecule has 0 spiro atoms. The highest BCUT2D eigenvalue weighted by Crippen LogP contribution is 2.32. The van der Waals surface area contributed by atoms with Gasteiger partial charge in [0.25, 0.3) is 5.92 Å². The van der Waals surface area contributed by atoms with E-state index in [9.17, 15) is 27.7 Å². The molecule has 5 nitrogen and oxygen atoms in total. The standard InChI is InChI=1S/C13H13F4N3O2/c1-13(16,17)12-3-4-19(7-18(12)2)10-5-9(15)11(20(21)22)6-8(10)14/h3,5-6H,4,7H2,1-2H3. The molecule has 0 unspecified atom stereocenters. The predicted molar refractivity (Wildman–Crippen MR) is 71.7 cm³/mol. The molecule has 2 rings (SSSR count). The van der Waals surface area contributed by atoms with Gasteiger partial charge in [0.05, 0.1) is 29.0 Å². The van der Waals surface area contributed by atoms with Gasteiger partial charge in [-0.1, -0.05) is 0 Å². The molecule has 0 amide bonds. The van der Waals surface area contributed by atoms with Gasteiger partial charge in [-0.2, -0.15) is 4.39 Å². The number of nitro benzene ring substituents is 1. The topological polar surface area (TPSA) is 49.6 Å². The van der Waals surface area contributed by atoms with E-state index in [0.717, 1.165) is 6.92 Å². The Morgan fingerprint density at radius 3 is 2.41 bits per heavy atom. The molecule has 9 heteroatoms. The van der Waals surface area contributed by atoms with Gasteiger partial charge in [-0.3, -0.25) is 10.1 Å². The third kappa shape index (κ3) is 2.97. The van der Waals surface area contributed by atoms with Gasteiger partial charge in [0, 0.05) is 26.6 Å². The molecule has 1 aliphatic heterocycles. The van der Waals surface area contributed by atoms with Gasteiger partial charge >= 0.3 is 5.69 Å². The van der Waals surface area contributed by atoms with E-state index in [0.29, 0.717) is 12.1 Å². The number of nitro groups is 1. The molecule has 22 heavy (non-hydrogen) atoms. The fourth-order valence-electron chi connectivity index (χ4n) is 2.34. The Balaban J connectivity index is 2.34. The number of halogens is 4. The van der Waals surface area contributed by atoms with Crippen molar-refractivity contribution in [3.05, 3.63) is 45.7 Å². The summed E-state index contributed by atoms with van der Waals surface area (Å²) in [5, 5.41) is 10.6. The van der Waals surface area contributed by atoms with E-state index >= 15 is 0 Å². The summed E-state index contributed by atoms with van der Waals surface area (Å²) >= 11 is 0. The van der Waals surface area contributed by atoms with Crippen molar-refractivity contribution >= 4 is 11.4 Å². The van der Waals surface area contributed by atoms with Crippen LogP contribution in [0.4, 0.5) is 28.9 Å². The van der Waals surface area contributed by atoms with Gasteiger partial charge in [0.2, 0.25) is 5.82 Å². The highest BCUT2D eigenvalue weighted by atomic mass is 19.3. The average molecular weight is 319 g/mol. The maximum absolute atomic E-state index is 13.9. The van der Waals surface area contributed by atoms with E-state index < -0.39 is 28.2 Å². The fourth-order valence-corrected chi connectivity index (χ4v) is 2.34. The van der Waals surface area contributed by atoms with Crippen molar-refractivity contribution in [2.45, 2.75) is 12.8 Å². The molecule has 0 aliphatic carbocycles. The summed E-state index contributed by atoms with van der Waals surface area (Å²) in [4.78, 5) is 12.0. The molecule has 1 aromatic rings. The van der Waals surface area contributed by atoms with Gasteiger partial charge in [-0.25, -0.2) is 13.2 Å². The lowest BCUT2D eigenvalue weighted by atomic mass is 10.1. The van der Waals surface area contributed by atoms with E-state index in [1.807, 2.05) is 0 Å². The second kappa shape index (κ2) is 5.47. The first-order valence-electron chi connectivity index (χ1n) is 6.29. The largest absolute Gasteiger partial charge is 0.356 e. The lowest BCUT2D eigenvalue weighted by molar-refractivity contribution is -0.387. The third-order valence-electron chi connectivity index (χ3n) is 3.30. The molecule has 0 saturated carbocycles. The van der Waals surface area contributed by atoms with Gasteiger partial charge in [0.1, 0.15) is 0 Å². The number of allylic oxidation sites excluding steroid dienone is 1. The number of hydrogen-bond acceptors (Lipinski definition) is 4. The summed E-state index contributed by atoms with van der Waals surface area (Å²) in [5.41, 5.74) is -1.40. The Hall–Kier alpha value is -2.32. The van der Waals surface area contributed by atoms with Gasteiger partial charge in [0.15, 0.2) is 5.82 Å². The summed E-state index contributed by atoms with van der Waals surface area (Å²) in [5.74, 6) is -5.21. The van der Waals surface area contributed by atoms with Crippen LogP contribution in [0.25, 0.3) is 0 Å². The minimum atomic E-state index is -3.04. The zero-order valence-corrected chi connectivity index (χ0v) is 11.8. The summed E-state index contributed by atoms with van der Waals surface area (Å²) in [6.45, 7) is 0.595. The van der Waals surface area contributed by atoms with Crippen LogP contribution in [0, 0.1) is 21.7 Å². The van der Waals surface area contributed by atoms with Crippen LogP contribution in [-0.2, 0) is 0 Å². The third-order valence-corrected chi connectivity index (χ3v) is 3.30. The fraction of sp³-hybridized carbons (Fsp3) is 0.385. The number of rotatable bonds is 3. The van der Waals surface area contributed by atoms with Crippen molar-refractivity contribution in [3.63, 3.8) is 0 Å². The average Bonchev–Trinajstić information content (AvgIpc) is 2.39. The van der Waals surface area contributed by atoms with Crippen LogP contribution in [0.5, 0.6) is 0 Å². The second-order valence-corrected chi connectivity index (χ2v) is 5.05. The van der Waals surface area contributed by atoms with Crippen molar-refractivity contribution < 1.29 is 22.5 Å². The first-order valence-corrected chi connectivity index (χ1v) is 6.29. The maximum Gasteiger partial charge on any atom is 0.307 e. The Morgan fingerprint density at radius 1 is 1.27 bits per heavy atom. The normalized spacial score (nSPS) is 15.8. The van der Waals surface area contributed by atoms with Crippen molar-refractivity contribution in [1.29, 1.82) is 0 Å². The SMILES string of the molecule is CN1CN(c2cc(F)c([N+](=O)[O-])cc2F)CC=C1C(C)(F)F. The molecular weight excluding hydrogens is 306 g/mol. The van der Waals surface area contributed by atoms with Crippen LogP contribution in [-0.4, -0.2) is 36.0 Å². The summed E-state index contributed by atoms with van der Waals surface area (Å²) in [6, 6.07) is 1.18. The highest BCUT2D eigenvalue weighted by molar-refractivity contribution is 5.54. The summed E-state index contributed by atoms with van der Waals surface area (Å²) in [6.07, 6.45) is 1.21. The second-order valence-electron chi connectivity index (χ2n) is 5.05. The van der Waals surface area contributed by atoms with E-state index in [1.54, 1.807) is 0 Å². The molecule has 120 valence electrons. The van der Waals surface area contributed by atoms with Crippen molar-refractivity contribution in [1.82, 2.24) is 4.90 Å². The molecule has 0 N–H and O–H groups in total. The predicted octanol–water partition coefficient (Wildman–Crippen LogP) is 3.12. The van der Waals surface area contributed by atoms with Crippen LogP contribution in [0.2, 0.25) is 0 Å². The minimum absolute atomic E-state index is 0.0583. The van der Waals surface area contributed by atoms with E-state index in [1.165, 1.54) is 22.9 Å². The molecule has 0 saturated heterocycles. The summed E-state index contributed by atoms with van der Waals surface area (Å²) in [7, 11) is 1.40. The Labute approximate surface area is 123 Å². The number of anilines is 1. The van der Waals surface area contributed by atoms with E-state index in [2.05, 4.69) is 0 Å². The lowest BCUT2D eigenvalue weighted by Gasteiger charge is -2.37. The van der Waals surface area contributed by atoms with Crippen molar-refractivity contribution in [2.75, 3.05) is 25.2 Å². The van der Waals surface area contributed by atoms with E-state index in [-0.39, 0.29) is 24.6 Å². The molecule has 0 fully saturated rings. The Kier molecular flexibility index (Phi) is 3.99. The van der Waals surface area contributed by atoms with Gasteiger partial charge in [-0.15, -0.1) is 0 Å². The van der Waals surface area contributed by atoms with Crippen LogP contribution >= 0.6 is 0 Å². The molecule has 1 heterocycles.